The van der Waals surface area contributed by atoms with E-state index in [1.165, 1.54) is 5.56 Å². The first kappa shape index (κ1) is 12.7. The van der Waals surface area contributed by atoms with Gasteiger partial charge in [0.2, 0.25) is 0 Å². The van der Waals surface area contributed by atoms with E-state index in [0.29, 0.717) is 6.61 Å². The number of hydrogen-bond donors (Lipinski definition) is 0. The summed E-state index contributed by atoms with van der Waals surface area (Å²) in [4.78, 5) is 11.2. The summed E-state index contributed by atoms with van der Waals surface area (Å²) in [5.74, 6) is 0. The second-order valence-corrected chi connectivity index (χ2v) is 5.02. The molecule has 1 aliphatic heterocycles. The summed E-state index contributed by atoms with van der Waals surface area (Å²) < 4.78 is 11.0. The molecule has 0 aliphatic carbocycles. The van der Waals surface area contributed by atoms with Gasteiger partial charge >= 0.3 is 6.16 Å². The first-order valence-corrected chi connectivity index (χ1v) is 7.22. The minimum atomic E-state index is -0.527. The molecule has 1 heterocycles. The van der Waals surface area contributed by atoms with Crippen molar-refractivity contribution in [3.63, 3.8) is 0 Å². The van der Waals surface area contributed by atoms with Gasteiger partial charge in [-0.1, -0.05) is 52.9 Å². The van der Waals surface area contributed by atoms with Crippen LogP contribution >= 0.6 is 22.6 Å². The number of carbonyl (C=O) groups excluding carboxylic acids is 1. The van der Waals surface area contributed by atoms with Crippen molar-refractivity contribution in [2.45, 2.75) is 24.9 Å². The van der Waals surface area contributed by atoms with Crippen molar-refractivity contribution in [1.29, 1.82) is 0 Å². The van der Waals surface area contributed by atoms with Gasteiger partial charge in [0.1, 0.15) is 5.60 Å². The van der Waals surface area contributed by atoms with E-state index in [1.807, 2.05) is 18.2 Å². The number of halogens is 1. The molecule has 2 rings (SSSR count). The maximum atomic E-state index is 11.2. The van der Waals surface area contributed by atoms with Crippen LogP contribution in [0.3, 0.4) is 0 Å². The number of rotatable bonds is 4. The van der Waals surface area contributed by atoms with E-state index in [9.17, 15) is 4.79 Å². The first-order valence-electron chi connectivity index (χ1n) is 5.70. The highest BCUT2D eigenvalue weighted by molar-refractivity contribution is 14.1. The van der Waals surface area contributed by atoms with Crippen molar-refractivity contribution < 1.29 is 14.3 Å². The molecule has 0 amide bonds. The smallest absolute Gasteiger partial charge is 0.434 e. The molecule has 92 valence electrons. The molecule has 1 aromatic carbocycles. The van der Waals surface area contributed by atoms with Gasteiger partial charge in [0, 0.05) is 10.8 Å². The highest BCUT2D eigenvalue weighted by Crippen LogP contribution is 2.29. The summed E-state index contributed by atoms with van der Waals surface area (Å²) in [6.07, 6.45) is 2.04. The fourth-order valence-electron chi connectivity index (χ4n) is 1.93. The third-order valence-electron chi connectivity index (χ3n) is 3.03. The molecule has 0 aromatic heterocycles. The van der Waals surface area contributed by atoms with Crippen molar-refractivity contribution in [3.8, 4) is 0 Å². The monoisotopic (exact) mass is 346 g/mol. The summed E-state index contributed by atoms with van der Waals surface area (Å²) in [6.45, 7) is 0.469. The van der Waals surface area contributed by atoms with Gasteiger partial charge in [-0.05, 0) is 18.4 Å². The summed E-state index contributed by atoms with van der Waals surface area (Å²) in [6, 6.07) is 10.3. The van der Waals surface area contributed by atoms with Crippen LogP contribution in [0.1, 0.15) is 18.4 Å². The van der Waals surface area contributed by atoms with Crippen molar-refractivity contribution in [3.05, 3.63) is 35.9 Å². The van der Waals surface area contributed by atoms with E-state index >= 15 is 0 Å². The van der Waals surface area contributed by atoms with E-state index < -0.39 is 6.16 Å². The summed E-state index contributed by atoms with van der Waals surface area (Å²) in [5, 5.41) is 0. The third kappa shape index (κ3) is 3.34. The van der Waals surface area contributed by atoms with E-state index in [2.05, 4.69) is 34.7 Å². The Labute approximate surface area is 115 Å². The average Bonchev–Trinajstić information content (AvgIpc) is 2.38. The Bertz CT molecular complexity index is 380. The topological polar surface area (TPSA) is 35.5 Å². The van der Waals surface area contributed by atoms with Crippen LogP contribution in [0.25, 0.3) is 0 Å². The largest absolute Gasteiger partial charge is 0.508 e. The zero-order chi connectivity index (χ0) is 12.1. The number of benzene rings is 1. The Morgan fingerprint density at radius 3 is 2.71 bits per heavy atom. The lowest BCUT2D eigenvalue weighted by molar-refractivity contribution is -0.0746. The maximum absolute atomic E-state index is 11.2. The van der Waals surface area contributed by atoms with Gasteiger partial charge in [0.25, 0.3) is 0 Å². The molecular formula is C13H15IO3. The van der Waals surface area contributed by atoms with Gasteiger partial charge in [0.15, 0.2) is 0 Å². The SMILES string of the molecule is O=C1OCC[C@](CI)(CCc2ccccc2)O1. The van der Waals surface area contributed by atoms with Crippen LogP contribution < -0.4 is 0 Å². The van der Waals surface area contributed by atoms with Gasteiger partial charge in [-0.2, -0.15) is 0 Å². The molecule has 1 aromatic rings. The normalized spacial score (nSPS) is 23.9. The Morgan fingerprint density at radius 1 is 1.29 bits per heavy atom. The fraction of sp³-hybridized carbons (Fsp3) is 0.462. The minimum Gasteiger partial charge on any atom is -0.434 e. The fourth-order valence-corrected chi connectivity index (χ4v) is 2.85. The molecule has 0 unspecified atom stereocenters. The molecule has 1 saturated heterocycles. The Hall–Kier alpha value is -0.780. The molecule has 0 saturated carbocycles. The van der Waals surface area contributed by atoms with Gasteiger partial charge < -0.3 is 9.47 Å². The molecule has 3 nitrogen and oxygen atoms in total. The van der Waals surface area contributed by atoms with Crippen LogP contribution in [0, 0.1) is 0 Å². The van der Waals surface area contributed by atoms with Crippen LogP contribution in [0.4, 0.5) is 4.79 Å². The molecule has 4 heteroatoms. The second kappa shape index (κ2) is 5.71. The van der Waals surface area contributed by atoms with Crippen LogP contribution in [0.5, 0.6) is 0 Å². The molecule has 1 fully saturated rings. The molecule has 0 N–H and O–H groups in total. The van der Waals surface area contributed by atoms with Gasteiger partial charge in [-0.3, -0.25) is 0 Å². The minimum absolute atomic E-state index is 0.342. The number of hydrogen-bond acceptors (Lipinski definition) is 3. The van der Waals surface area contributed by atoms with Crippen LogP contribution in [-0.2, 0) is 15.9 Å². The zero-order valence-electron chi connectivity index (χ0n) is 9.52. The summed E-state index contributed by atoms with van der Waals surface area (Å²) >= 11 is 2.28. The predicted molar refractivity (Wildman–Crippen MR) is 73.4 cm³/mol. The zero-order valence-corrected chi connectivity index (χ0v) is 11.7. The van der Waals surface area contributed by atoms with Gasteiger partial charge in [-0.15, -0.1) is 0 Å². The standard InChI is InChI=1S/C13H15IO3/c14-10-13(8-9-16-12(15)17-13)7-6-11-4-2-1-3-5-11/h1-5H,6-10H2/t13-/m0/s1. The number of carbonyl (C=O) groups is 1. The first-order chi connectivity index (χ1) is 8.24. The van der Waals surface area contributed by atoms with Crippen molar-refractivity contribution in [2.24, 2.45) is 0 Å². The van der Waals surface area contributed by atoms with Gasteiger partial charge in [0.05, 0.1) is 6.61 Å². The summed E-state index contributed by atoms with van der Waals surface area (Å²) in [5.41, 5.74) is 0.936. The lowest BCUT2D eigenvalue weighted by Crippen LogP contribution is -2.43. The molecule has 17 heavy (non-hydrogen) atoms. The molecule has 0 spiro atoms. The van der Waals surface area contributed by atoms with Crippen molar-refractivity contribution in [2.75, 3.05) is 11.0 Å². The molecule has 1 aliphatic rings. The predicted octanol–water partition coefficient (Wildman–Crippen LogP) is 3.35. The maximum Gasteiger partial charge on any atom is 0.508 e. The molecule has 0 radical (unpaired) electrons. The van der Waals surface area contributed by atoms with E-state index in [4.69, 9.17) is 9.47 Å². The number of ether oxygens (including phenoxy) is 2. The Kier molecular flexibility index (Phi) is 4.25. The number of alkyl halides is 1. The Morgan fingerprint density at radius 2 is 2.06 bits per heavy atom. The number of cyclic esters (lactones) is 2. The van der Waals surface area contributed by atoms with E-state index in [0.717, 1.165) is 23.7 Å². The third-order valence-corrected chi connectivity index (χ3v) is 4.42. The van der Waals surface area contributed by atoms with E-state index in [1.54, 1.807) is 0 Å². The van der Waals surface area contributed by atoms with Crippen molar-refractivity contribution >= 4 is 28.7 Å². The lowest BCUT2D eigenvalue weighted by Gasteiger charge is -2.34. The number of aryl methyl sites for hydroxylation is 1. The van der Waals surface area contributed by atoms with Crippen LogP contribution in [-0.4, -0.2) is 22.8 Å². The van der Waals surface area contributed by atoms with Crippen molar-refractivity contribution in [1.82, 2.24) is 0 Å². The van der Waals surface area contributed by atoms with Crippen LogP contribution in [0.2, 0.25) is 0 Å². The molecular weight excluding hydrogens is 331 g/mol. The summed E-state index contributed by atoms with van der Waals surface area (Å²) in [7, 11) is 0. The average molecular weight is 346 g/mol. The highest BCUT2D eigenvalue weighted by atomic mass is 127. The van der Waals surface area contributed by atoms with E-state index in [-0.39, 0.29) is 5.60 Å². The van der Waals surface area contributed by atoms with Gasteiger partial charge in [-0.25, -0.2) is 4.79 Å². The highest BCUT2D eigenvalue weighted by Gasteiger charge is 2.37. The van der Waals surface area contributed by atoms with Crippen LogP contribution in [0.15, 0.2) is 30.3 Å². The lowest BCUT2D eigenvalue weighted by atomic mass is 9.93. The Balaban J connectivity index is 1.97. The molecule has 0 bridgehead atoms. The quantitative estimate of drug-likeness (QED) is 0.477. The second-order valence-electron chi connectivity index (χ2n) is 4.25. The molecule has 1 atom stereocenters.